The number of hydrogen-bond acceptors (Lipinski definition) is 8. The zero-order chi connectivity index (χ0) is 25.8. The molecule has 2 aromatic rings. The average Bonchev–Trinajstić information content (AvgIpc) is 3.44. The van der Waals surface area contributed by atoms with E-state index in [1.165, 1.54) is 16.3 Å². The van der Waals surface area contributed by atoms with Crippen LogP contribution in [0.15, 0.2) is 27.9 Å². The standard InChI is InChI=1S/C26H28N4O4S2/c1-4-5-6-7-10-30-25(32)22(36-26(30)35)12-18-16(2)19(13-27)24(31)29(3)23(18)28-14-17-8-9-20-21(11-17)34-15-33-20/h8-9,11-12,28H,4-7,10,14-15H2,1-3H3/b22-12+. The van der Waals surface area contributed by atoms with Gasteiger partial charge in [-0.15, -0.1) is 0 Å². The number of nitriles is 1. The summed E-state index contributed by atoms with van der Waals surface area (Å²) in [4.78, 5) is 28.2. The van der Waals surface area contributed by atoms with Gasteiger partial charge < -0.3 is 14.8 Å². The van der Waals surface area contributed by atoms with E-state index in [2.05, 4.69) is 12.2 Å². The van der Waals surface area contributed by atoms with Gasteiger partial charge in [0.25, 0.3) is 11.5 Å². The van der Waals surface area contributed by atoms with Crippen LogP contribution in [0.25, 0.3) is 6.08 Å². The molecular formula is C26H28N4O4S2. The maximum atomic E-state index is 13.2. The number of unbranched alkanes of at least 4 members (excludes halogenated alkanes) is 3. The summed E-state index contributed by atoms with van der Waals surface area (Å²) in [6.45, 7) is 5.05. The van der Waals surface area contributed by atoms with E-state index in [1.807, 2.05) is 24.3 Å². The van der Waals surface area contributed by atoms with Crippen molar-refractivity contribution in [2.45, 2.75) is 46.1 Å². The lowest BCUT2D eigenvalue weighted by molar-refractivity contribution is -0.122. The fourth-order valence-corrected chi connectivity index (χ4v) is 5.49. The van der Waals surface area contributed by atoms with E-state index in [1.54, 1.807) is 24.9 Å². The Morgan fingerprint density at radius 1 is 1.22 bits per heavy atom. The van der Waals surface area contributed by atoms with Crippen molar-refractivity contribution in [3.8, 4) is 17.6 Å². The lowest BCUT2D eigenvalue weighted by Gasteiger charge is -2.18. The van der Waals surface area contributed by atoms with Crippen LogP contribution in [-0.4, -0.2) is 33.0 Å². The number of carbonyl (C=O) groups excluding carboxylic acids is 1. The van der Waals surface area contributed by atoms with Gasteiger partial charge in [0.2, 0.25) is 6.79 Å². The average molecular weight is 525 g/mol. The summed E-state index contributed by atoms with van der Waals surface area (Å²) in [5, 5.41) is 13.0. The Bertz CT molecular complexity index is 1340. The highest BCUT2D eigenvalue weighted by molar-refractivity contribution is 8.26. The number of amides is 1. The topological polar surface area (TPSA) is 96.6 Å². The van der Waals surface area contributed by atoms with Crippen molar-refractivity contribution in [2.24, 2.45) is 7.05 Å². The molecule has 0 atom stereocenters. The fraction of sp³-hybridized carbons (Fsp3) is 0.385. The molecular weight excluding hydrogens is 496 g/mol. The Morgan fingerprint density at radius 2 is 2.00 bits per heavy atom. The van der Waals surface area contributed by atoms with Gasteiger partial charge in [0.1, 0.15) is 21.8 Å². The molecule has 0 spiro atoms. The molecule has 1 aromatic carbocycles. The number of ether oxygens (including phenoxy) is 2. The summed E-state index contributed by atoms with van der Waals surface area (Å²) in [6.07, 6.45) is 5.92. The minimum atomic E-state index is -0.399. The highest BCUT2D eigenvalue weighted by Gasteiger charge is 2.32. The Kier molecular flexibility index (Phi) is 8.01. The minimum Gasteiger partial charge on any atom is -0.454 e. The normalized spacial score (nSPS) is 15.6. The monoisotopic (exact) mass is 524 g/mol. The molecule has 1 saturated heterocycles. The van der Waals surface area contributed by atoms with Crippen LogP contribution in [0.5, 0.6) is 11.5 Å². The van der Waals surface area contributed by atoms with Gasteiger partial charge in [-0.3, -0.25) is 19.1 Å². The lowest BCUT2D eigenvalue weighted by atomic mass is 10.0. The third-order valence-electron chi connectivity index (χ3n) is 6.28. The van der Waals surface area contributed by atoms with E-state index in [4.69, 9.17) is 21.7 Å². The molecule has 3 heterocycles. The van der Waals surface area contributed by atoms with Crippen LogP contribution in [0.3, 0.4) is 0 Å². The van der Waals surface area contributed by atoms with E-state index in [0.717, 1.165) is 31.2 Å². The highest BCUT2D eigenvalue weighted by Crippen LogP contribution is 2.36. The molecule has 36 heavy (non-hydrogen) atoms. The number of nitrogens with one attached hydrogen (secondary N) is 1. The number of carbonyl (C=O) groups is 1. The number of thiocarbonyl (C=S) groups is 1. The van der Waals surface area contributed by atoms with Gasteiger partial charge in [-0.2, -0.15) is 5.26 Å². The zero-order valence-electron chi connectivity index (χ0n) is 20.6. The largest absolute Gasteiger partial charge is 0.454 e. The van der Waals surface area contributed by atoms with E-state index in [-0.39, 0.29) is 18.3 Å². The quantitative estimate of drug-likeness (QED) is 0.287. The molecule has 1 aromatic heterocycles. The van der Waals surface area contributed by atoms with Gasteiger partial charge in [-0.1, -0.05) is 56.2 Å². The highest BCUT2D eigenvalue weighted by atomic mass is 32.2. The molecule has 0 radical (unpaired) electrons. The van der Waals surface area contributed by atoms with Gasteiger partial charge in [-0.05, 0) is 42.7 Å². The maximum Gasteiger partial charge on any atom is 0.270 e. The van der Waals surface area contributed by atoms with Crippen molar-refractivity contribution >= 4 is 46.1 Å². The summed E-state index contributed by atoms with van der Waals surface area (Å²) >= 11 is 6.74. The van der Waals surface area contributed by atoms with Crippen molar-refractivity contribution in [3.63, 3.8) is 0 Å². The van der Waals surface area contributed by atoms with Gasteiger partial charge in [0.15, 0.2) is 11.5 Å². The second kappa shape index (κ2) is 11.2. The smallest absolute Gasteiger partial charge is 0.270 e. The summed E-state index contributed by atoms with van der Waals surface area (Å²) in [5.41, 5.74) is 1.71. The summed E-state index contributed by atoms with van der Waals surface area (Å²) < 4.78 is 12.8. The van der Waals surface area contributed by atoms with E-state index < -0.39 is 5.56 Å². The first-order valence-corrected chi connectivity index (χ1v) is 13.1. The van der Waals surface area contributed by atoms with Crippen LogP contribution in [0.4, 0.5) is 5.82 Å². The van der Waals surface area contributed by atoms with Crippen molar-refractivity contribution < 1.29 is 14.3 Å². The zero-order valence-corrected chi connectivity index (χ0v) is 22.2. The molecule has 0 saturated carbocycles. The molecule has 0 aliphatic carbocycles. The van der Waals surface area contributed by atoms with Gasteiger partial charge >= 0.3 is 0 Å². The Hall–Kier alpha value is -3.29. The van der Waals surface area contributed by atoms with Crippen LogP contribution < -0.4 is 20.3 Å². The molecule has 0 bridgehead atoms. The third kappa shape index (κ3) is 5.13. The first-order chi connectivity index (χ1) is 17.3. The summed E-state index contributed by atoms with van der Waals surface area (Å²) in [6, 6.07) is 7.66. The van der Waals surface area contributed by atoms with Gasteiger partial charge in [-0.25, -0.2) is 0 Å². The fourth-order valence-electron chi connectivity index (χ4n) is 4.20. The predicted molar refractivity (Wildman–Crippen MR) is 145 cm³/mol. The molecule has 10 heteroatoms. The molecule has 1 amide bonds. The Morgan fingerprint density at radius 3 is 2.75 bits per heavy atom. The summed E-state index contributed by atoms with van der Waals surface area (Å²) in [7, 11) is 1.61. The first-order valence-electron chi connectivity index (χ1n) is 11.9. The van der Waals surface area contributed by atoms with E-state index in [9.17, 15) is 14.9 Å². The van der Waals surface area contributed by atoms with E-state index in [0.29, 0.717) is 50.8 Å². The molecule has 8 nitrogen and oxygen atoms in total. The minimum absolute atomic E-state index is 0.0485. The number of anilines is 1. The van der Waals surface area contributed by atoms with Crippen molar-refractivity contribution in [2.75, 3.05) is 18.7 Å². The van der Waals surface area contributed by atoms with Crippen molar-refractivity contribution in [3.05, 3.63) is 55.7 Å². The molecule has 1 N–H and O–H groups in total. The lowest BCUT2D eigenvalue weighted by Crippen LogP contribution is -2.29. The van der Waals surface area contributed by atoms with Gasteiger partial charge in [0, 0.05) is 25.7 Å². The van der Waals surface area contributed by atoms with Gasteiger partial charge in [0.05, 0.1) is 4.91 Å². The molecule has 2 aliphatic heterocycles. The molecule has 4 rings (SSSR count). The SMILES string of the molecule is CCCCCCN1C(=O)/C(=C\c2c(C)c(C#N)c(=O)n(C)c2NCc2ccc3c(c2)OCO3)SC1=S. The molecule has 1 fully saturated rings. The van der Waals surface area contributed by atoms with Crippen LogP contribution in [0.1, 0.15) is 54.9 Å². The predicted octanol–water partition coefficient (Wildman–Crippen LogP) is 4.69. The van der Waals surface area contributed by atoms with Crippen molar-refractivity contribution in [1.29, 1.82) is 5.26 Å². The second-order valence-corrected chi connectivity index (χ2v) is 10.3. The Labute approximate surface area is 219 Å². The third-order valence-corrected chi connectivity index (χ3v) is 7.66. The number of hydrogen-bond donors (Lipinski definition) is 1. The number of thioether (sulfide) groups is 1. The molecule has 188 valence electrons. The Balaban J connectivity index is 1.65. The van der Waals surface area contributed by atoms with Crippen molar-refractivity contribution in [1.82, 2.24) is 9.47 Å². The first kappa shape index (κ1) is 25.8. The second-order valence-electron chi connectivity index (χ2n) is 8.67. The van der Waals surface area contributed by atoms with Crippen LogP contribution in [0, 0.1) is 18.3 Å². The molecule has 0 unspecified atom stereocenters. The van der Waals surface area contributed by atoms with E-state index >= 15 is 0 Å². The number of nitrogens with zero attached hydrogens (tertiary/aromatic N) is 3. The number of fused-ring (bicyclic) bond motifs is 1. The van der Waals surface area contributed by atoms with Crippen LogP contribution >= 0.6 is 24.0 Å². The molecule has 2 aliphatic rings. The number of benzene rings is 1. The maximum absolute atomic E-state index is 13.2. The summed E-state index contributed by atoms with van der Waals surface area (Å²) in [5.74, 6) is 1.73. The number of pyridine rings is 1. The van der Waals surface area contributed by atoms with Crippen LogP contribution in [-0.2, 0) is 18.4 Å². The number of rotatable bonds is 9. The number of aromatic nitrogens is 1. The van der Waals surface area contributed by atoms with Crippen LogP contribution in [0.2, 0.25) is 0 Å².